The van der Waals surface area contributed by atoms with E-state index in [0.29, 0.717) is 12.3 Å². The standard InChI is InChI=1S/C10H13N3O2/c1-15-7-9(12-13-10(11)14)8-5-3-2-4-6-8/h2-6H,7H2,1H3,(H3,11,13,14)/b12-9+. The van der Waals surface area contributed by atoms with Crippen LogP contribution in [-0.4, -0.2) is 25.5 Å². The number of methoxy groups -OCH3 is 1. The highest BCUT2D eigenvalue weighted by atomic mass is 16.5. The molecule has 0 aliphatic carbocycles. The summed E-state index contributed by atoms with van der Waals surface area (Å²) in [4.78, 5) is 10.5. The fourth-order valence-electron chi connectivity index (χ4n) is 1.07. The topological polar surface area (TPSA) is 76.7 Å². The lowest BCUT2D eigenvalue weighted by Gasteiger charge is -2.04. The monoisotopic (exact) mass is 207 g/mol. The zero-order valence-electron chi connectivity index (χ0n) is 8.43. The SMILES string of the molecule is COC/C(=N\NC(N)=O)c1ccccc1. The summed E-state index contributed by atoms with van der Waals surface area (Å²) in [6.07, 6.45) is 0. The largest absolute Gasteiger partial charge is 0.378 e. The molecule has 0 fully saturated rings. The van der Waals surface area contributed by atoms with Crippen LogP contribution in [0, 0.1) is 0 Å². The number of ether oxygens (including phenoxy) is 1. The third-order valence-corrected chi connectivity index (χ3v) is 1.69. The molecule has 1 aromatic rings. The Bertz CT molecular complexity index is 349. The number of hydrogen-bond acceptors (Lipinski definition) is 3. The molecule has 2 amide bonds. The first-order valence-corrected chi connectivity index (χ1v) is 4.40. The molecule has 0 saturated heterocycles. The van der Waals surface area contributed by atoms with Gasteiger partial charge in [0.2, 0.25) is 0 Å². The molecule has 5 heteroatoms. The highest BCUT2D eigenvalue weighted by Crippen LogP contribution is 2.01. The number of nitrogens with one attached hydrogen (secondary N) is 1. The summed E-state index contributed by atoms with van der Waals surface area (Å²) in [5.41, 5.74) is 8.60. The Kier molecular flexibility index (Phi) is 4.30. The Morgan fingerprint density at radius 1 is 1.47 bits per heavy atom. The van der Waals surface area contributed by atoms with E-state index >= 15 is 0 Å². The molecule has 0 aliphatic heterocycles. The second kappa shape index (κ2) is 5.77. The minimum atomic E-state index is -0.695. The highest BCUT2D eigenvalue weighted by molar-refractivity contribution is 6.01. The minimum Gasteiger partial charge on any atom is -0.378 e. The van der Waals surface area contributed by atoms with Gasteiger partial charge in [0.25, 0.3) is 0 Å². The van der Waals surface area contributed by atoms with Gasteiger partial charge in [-0.3, -0.25) is 0 Å². The van der Waals surface area contributed by atoms with E-state index < -0.39 is 6.03 Å². The van der Waals surface area contributed by atoms with Crippen molar-refractivity contribution in [3.8, 4) is 0 Å². The summed E-state index contributed by atoms with van der Waals surface area (Å²) < 4.78 is 4.97. The first-order valence-electron chi connectivity index (χ1n) is 4.40. The highest BCUT2D eigenvalue weighted by Gasteiger charge is 2.02. The van der Waals surface area contributed by atoms with Crippen molar-refractivity contribution in [3.63, 3.8) is 0 Å². The van der Waals surface area contributed by atoms with Gasteiger partial charge in [0.15, 0.2) is 0 Å². The van der Waals surface area contributed by atoms with Crippen LogP contribution in [0.25, 0.3) is 0 Å². The van der Waals surface area contributed by atoms with Crippen molar-refractivity contribution in [3.05, 3.63) is 35.9 Å². The number of urea groups is 1. The molecular weight excluding hydrogens is 194 g/mol. The number of hydrogen-bond donors (Lipinski definition) is 2. The van der Waals surface area contributed by atoms with Crippen molar-refractivity contribution in [1.29, 1.82) is 0 Å². The number of nitrogens with two attached hydrogens (primary N) is 1. The zero-order chi connectivity index (χ0) is 11.1. The van der Waals surface area contributed by atoms with E-state index in [1.807, 2.05) is 30.3 Å². The average Bonchev–Trinajstić information content (AvgIpc) is 2.25. The van der Waals surface area contributed by atoms with Crippen molar-refractivity contribution in [2.75, 3.05) is 13.7 Å². The summed E-state index contributed by atoms with van der Waals surface area (Å²) >= 11 is 0. The van der Waals surface area contributed by atoms with Crippen molar-refractivity contribution in [2.24, 2.45) is 10.8 Å². The molecular formula is C10H13N3O2. The molecule has 3 N–H and O–H groups in total. The Morgan fingerprint density at radius 3 is 2.67 bits per heavy atom. The normalized spacial score (nSPS) is 11.1. The van der Waals surface area contributed by atoms with Crippen LogP contribution in [0.2, 0.25) is 0 Å². The fraction of sp³-hybridized carbons (Fsp3) is 0.200. The molecule has 0 radical (unpaired) electrons. The van der Waals surface area contributed by atoms with Crippen molar-refractivity contribution in [1.82, 2.24) is 5.43 Å². The van der Waals surface area contributed by atoms with E-state index in [1.165, 1.54) is 0 Å². The van der Waals surface area contributed by atoms with Gasteiger partial charge in [0.1, 0.15) is 0 Å². The lowest BCUT2D eigenvalue weighted by Crippen LogP contribution is -2.27. The molecule has 1 rings (SSSR count). The molecule has 80 valence electrons. The zero-order valence-corrected chi connectivity index (χ0v) is 8.43. The molecule has 5 nitrogen and oxygen atoms in total. The van der Waals surface area contributed by atoms with Gasteiger partial charge in [-0.05, 0) is 0 Å². The van der Waals surface area contributed by atoms with E-state index in [0.717, 1.165) is 5.56 Å². The maximum absolute atomic E-state index is 10.5. The van der Waals surface area contributed by atoms with Crippen LogP contribution in [0.15, 0.2) is 35.4 Å². The van der Waals surface area contributed by atoms with Gasteiger partial charge < -0.3 is 10.5 Å². The number of hydrazone groups is 1. The maximum atomic E-state index is 10.5. The number of rotatable bonds is 4. The van der Waals surface area contributed by atoms with Gasteiger partial charge in [-0.15, -0.1) is 0 Å². The van der Waals surface area contributed by atoms with Crippen molar-refractivity contribution in [2.45, 2.75) is 0 Å². The van der Waals surface area contributed by atoms with Gasteiger partial charge in [0, 0.05) is 12.7 Å². The third-order valence-electron chi connectivity index (χ3n) is 1.69. The number of amides is 2. The number of nitrogens with zero attached hydrogens (tertiary/aromatic N) is 1. The van der Waals surface area contributed by atoms with Crippen LogP contribution in [0.5, 0.6) is 0 Å². The summed E-state index contributed by atoms with van der Waals surface area (Å²) in [7, 11) is 1.56. The molecule has 15 heavy (non-hydrogen) atoms. The third kappa shape index (κ3) is 3.78. The molecule has 0 bridgehead atoms. The molecule has 0 atom stereocenters. The molecule has 0 heterocycles. The summed E-state index contributed by atoms with van der Waals surface area (Å²) in [5.74, 6) is 0. The second-order valence-corrected chi connectivity index (χ2v) is 2.83. The van der Waals surface area contributed by atoms with Crippen LogP contribution < -0.4 is 11.2 Å². The van der Waals surface area contributed by atoms with E-state index in [9.17, 15) is 4.79 Å². The molecule has 0 saturated carbocycles. The van der Waals surface area contributed by atoms with Gasteiger partial charge in [-0.25, -0.2) is 10.2 Å². The van der Waals surface area contributed by atoms with E-state index in [2.05, 4.69) is 10.5 Å². The first kappa shape index (κ1) is 11.2. The van der Waals surface area contributed by atoms with E-state index in [4.69, 9.17) is 10.5 Å². The average molecular weight is 207 g/mol. The molecule has 0 aliphatic rings. The van der Waals surface area contributed by atoms with Crippen LogP contribution >= 0.6 is 0 Å². The lowest BCUT2D eigenvalue weighted by molar-refractivity contribution is 0.243. The Labute approximate surface area is 87.9 Å². The molecule has 1 aromatic carbocycles. The maximum Gasteiger partial charge on any atom is 0.332 e. The fourth-order valence-corrected chi connectivity index (χ4v) is 1.07. The quantitative estimate of drug-likeness (QED) is 0.563. The van der Waals surface area contributed by atoms with Gasteiger partial charge in [0.05, 0.1) is 12.3 Å². The molecule has 0 unspecified atom stereocenters. The molecule has 0 spiro atoms. The van der Waals surface area contributed by atoms with Crippen molar-refractivity contribution >= 4 is 11.7 Å². The van der Waals surface area contributed by atoms with E-state index in [-0.39, 0.29) is 0 Å². The molecule has 0 aromatic heterocycles. The van der Waals surface area contributed by atoms with Gasteiger partial charge in [-0.2, -0.15) is 5.10 Å². The van der Waals surface area contributed by atoms with Gasteiger partial charge in [-0.1, -0.05) is 30.3 Å². The predicted molar refractivity (Wildman–Crippen MR) is 57.6 cm³/mol. The Balaban J connectivity index is 2.83. The lowest BCUT2D eigenvalue weighted by atomic mass is 10.1. The number of primary amides is 1. The van der Waals surface area contributed by atoms with Crippen LogP contribution in [0.4, 0.5) is 4.79 Å². The number of carbonyl (C=O) groups excluding carboxylic acids is 1. The van der Waals surface area contributed by atoms with E-state index in [1.54, 1.807) is 7.11 Å². The minimum absolute atomic E-state index is 0.310. The van der Waals surface area contributed by atoms with Crippen LogP contribution in [0.3, 0.4) is 0 Å². The number of benzene rings is 1. The predicted octanol–water partition coefficient (Wildman–Crippen LogP) is 0.705. The summed E-state index contributed by atoms with van der Waals surface area (Å²) in [6.45, 7) is 0.310. The number of carbonyl (C=O) groups is 1. The second-order valence-electron chi connectivity index (χ2n) is 2.83. The smallest absolute Gasteiger partial charge is 0.332 e. The Morgan fingerprint density at radius 2 is 2.13 bits per heavy atom. The van der Waals surface area contributed by atoms with Crippen LogP contribution in [0.1, 0.15) is 5.56 Å². The summed E-state index contributed by atoms with van der Waals surface area (Å²) in [5, 5.41) is 3.85. The van der Waals surface area contributed by atoms with Crippen molar-refractivity contribution < 1.29 is 9.53 Å². The first-order chi connectivity index (χ1) is 7.24. The van der Waals surface area contributed by atoms with Crippen LogP contribution in [-0.2, 0) is 4.74 Å². The van der Waals surface area contributed by atoms with Gasteiger partial charge >= 0.3 is 6.03 Å². The summed E-state index contributed by atoms with van der Waals surface area (Å²) in [6, 6.07) is 8.71. The Hall–Kier alpha value is -1.88.